The van der Waals surface area contributed by atoms with Crippen molar-refractivity contribution in [3.63, 3.8) is 0 Å². The van der Waals surface area contributed by atoms with Gasteiger partial charge in [-0.1, -0.05) is 92.7 Å². The van der Waals surface area contributed by atoms with E-state index in [4.69, 9.17) is 4.74 Å². The Balaban J connectivity index is 1.10. The van der Waals surface area contributed by atoms with Crippen LogP contribution in [0.25, 0.3) is 11.1 Å². The van der Waals surface area contributed by atoms with Crippen LogP contribution >= 0.6 is 11.3 Å². The zero-order valence-electron chi connectivity index (χ0n) is 33.2. The fraction of sp³-hybridized carbons (Fsp3) is 0.429. The Morgan fingerprint density at radius 1 is 0.860 bits per heavy atom. The number of methoxy groups -OCH3 is 1. The van der Waals surface area contributed by atoms with Gasteiger partial charge in [0, 0.05) is 44.5 Å². The molecule has 3 aromatic carbocycles. The van der Waals surface area contributed by atoms with Crippen molar-refractivity contribution in [3.05, 3.63) is 131 Å². The van der Waals surface area contributed by atoms with Crippen LogP contribution in [0.3, 0.4) is 0 Å². The molecule has 3 saturated carbocycles. The zero-order valence-corrected chi connectivity index (χ0v) is 34.1. The highest BCUT2D eigenvalue weighted by atomic mass is 32.1. The summed E-state index contributed by atoms with van der Waals surface area (Å²) in [6.07, 6.45) is 12.4. The number of ketones is 1. The monoisotopic (exact) mass is 782 g/mol. The number of benzene rings is 3. The quantitative estimate of drug-likeness (QED) is 0.110. The number of anilines is 1. The van der Waals surface area contributed by atoms with Crippen LogP contribution in [0.15, 0.2) is 120 Å². The third kappa shape index (κ3) is 5.88. The molecule has 0 aliphatic heterocycles. The van der Waals surface area contributed by atoms with Gasteiger partial charge in [0.15, 0.2) is 5.78 Å². The first kappa shape index (κ1) is 38.0. The molecule has 2 spiro atoms. The number of fused-ring (bicyclic) bond motifs is 1. The highest BCUT2D eigenvalue weighted by Crippen LogP contribution is 2.78. The number of amides is 2. The fourth-order valence-corrected chi connectivity index (χ4v) is 13.1. The highest BCUT2D eigenvalue weighted by molar-refractivity contribution is 7.09. The maximum absolute atomic E-state index is 15.5. The van der Waals surface area contributed by atoms with Gasteiger partial charge in [-0.2, -0.15) is 0 Å². The first-order valence-corrected chi connectivity index (χ1v) is 21.6. The molecule has 3 fully saturated rings. The lowest BCUT2D eigenvalue weighted by atomic mass is 9.32. The van der Waals surface area contributed by atoms with E-state index in [-0.39, 0.29) is 35.6 Å². The van der Waals surface area contributed by atoms with Gasteiger partial charge < -0.3 is 25.2 Å². The molecule has 4 aromatic rings. The second-order valence-electron chi connectivity index (χ2n) is 18.0. The number of ether oxygens (including phenoxy) is 1. The number of hydrogen-bond acceptors (Lipinski definition) is 6. The molecule has 1 aromatic heterocycles. The molecule has 8 atom stereocenters. The smallest absolute Gasteiger partial charge is 0.321 e. The lowest BCUT2D eigenvalue weighted by Crippen LogP contribution is -2.67. The Bertz CT molecular complexity index is 2220. The van der Waals surface area contributed by atoms with Crippen molar-refractivity contribution < 1.29 is 24.5 Å². The third-order valence-electron chi connectivity index (χ3n) is 15.5. The van der Waals surface area contributed by atoms with Crippen molar-refractivity contribution in [2.45, 2.75) is 76.9 Å². The van der Waals surface area contributed by atoms with Crippen molar-refractivity contribution >= 4 is 28.8 Å². The lowest BCUT2D eigenvalue weighted by Gasteiger charge is -2.71. The maximum atomic E-state index is 15.5. The molecule has 6 aliphatic carbocycles. The maximum Gasteiger partial charge on any atom is 0.321 e. The van der Waals surface area contributed by atoms with Crippen LogP contribution in [0.5, 0.6) is 5.75 Å². The number of carbonyl (C=O) groups excluding carboxylic acids is 2. The summed E-state index contributed by atoms with van der Waals surface area (Å²) in [7, 11) is 1.62. The van der Waals surface area contributed by atoms with E-state index < -0.39 is 27.9 Å². The summed E-state index contributed by atoms with van der Waals surface area (Å²) in [5, 5.41) is 29.6. The number of nitrogens with zero attached hydrogens (tertiary/aromatic N) is 1. The Kier molecular flexibility index (Phi) is 9.41. The number of rotatable bonds is 10. The second-order valence-corrected chi connectivity index (χ2v) is 19.0. The van der Waals surface area contributed by atoms with Crippen LogP contribution < -0.4 is 10.1 Å². The Morgan fingerprint density at radius 3 is 2.33 bits per heavy atom. The summed E-state index contributed by atoms with van der Waals surface area (Å²) in [6.45, 7) is 5.31. The van der Waals surface area contributed by atoms with Crippen molar-refractivity contribution in [2.24, 2.45) is 33.5 Å². The predicted octanol–water partition coefficient (Wildman–Crippen LogP) is 9.97. The minimum absolute atomic E-state index is 0.0325. The third-order valence-corrected chi connectivity index (χ3v) is 16.4. The minimum atomic E-state index is -1.19. The number of thiophene rings is 1. The number of hydrogen-bond donors (Lipinski definition) is 3. The molecule has 2 amide bonds. The predicted molar refractivity (Wildman–Crippen MR) is 226 cm³/mol. The first-order chi connectivity index (χ1) is 27.5. The van der Waals surface area contributed by atoms with Crippen LogP contribution in [-0.4, -0.2) is 58.8 Å². The van der Waals surface area contributed by atoms with Crippen molar-refractivity contribution in [1.29, 1.82) is 0 Å². The first-order valence-electron chi connectivity index (χ1n) is 20.7. The molecule has 296 valence electrons. The SMILES string of the molecule is COc1ccc(NC(=O)N(CCc2cccs2)CC2(O)CCC3C45C=CC6(C=C4C(=O)c4ccccc4-c4ccccc4)CC(O)CCC6(C)C5CCC32C)cc1. The normalized spacial score (nSPS) is 33.4. The number of aliphatic hydroxyl groups is 2. The van der Waals surface area contributed by atoms with Gasteiger partial charge >= 0.3 is 6.03 Å². The van der Waals surface area contributed by atoms with E-state index >= 15 is 4.79 Å². The molecular weight excluding hydrogens is 729 g/mol. The molecule has 2 bridgehead atoms. The van der Waals surface area contributed by atoms with Gasteiger partial charge in [0.25, 0.3) is 0 Å². The van der Waals surface area contributed by atoms with Gasteiger partial charge in [-0.05, 0) is 115 Å². The number of aliphatic hydroxyl groups excluding tert-OH is 1. The molecule has 6 aliphatic rings. The zero-order chi connectivity index (χ0) is 39.6. The summed E-state index contributed by atoms with van der Waals surface area (Å²) in [5.74, 6) is 0.891. The average Bonchev–Trinajstić information content (AvgIpc) is 3.85. The van der Waals surface area contributed by atoms with E-state index in [1.165, 1.54) is 4.88 Å². The summed E-state index contributed by atoms with van der Waals surface area (Å²) in [4.78, 5) is 32.8. The fourth-order valence-electron chi connectivity index (χ4n) is 12.4. The summed E-state index contributed by atoms with van der Waals surface area (Å²) < 4.78 is 5.34. The van der Waals surface area contributed by atoms with E-state index in [0.29, 0.717) is 42.8 Å². The van der Waals surface area contributed by atoms with E-state index in [1.807, 2.05) is 77.7 Å². The molecule has 0 radical (unpaired) electrons. The van der Waals surface area contributed by atoms with Crippen LogP contribution in [-0.2, 0) is 6.42 Å². The number of Topliss-reactive ketones (excluding diaryl/α,β-unsaturated/α-hetero) is 1. The Labute approximate surface area is 340 Å². The molecule has 1 heterocycles. The van der Waals surface area contributed by atoms with Crippen molar-refractivity contribution in [2.75, 3.05) is 25.5 Å². The van der Waals surface area contributed by atoms with Crippen LogP contribution in [0.1, 0.15) is 74.0 Å². The summed E-state index contributed by atoms with van der Waals surface area (Å²) in [5.41, 5.74) is 1.15. The average molecular weight is 783 g/mol. The van der Waals surface area contributed by atoms with Gasteiger partial charge in [0.1, 0.15) is 5.75 Å². The lowest BCUT2D eigenvalue weighted by molar-refractivity contribution is -0.174. The van der Waals surface area contributed by atoms with Crippen molar-refractivity contribution in [3.8, 4) is 16.9 Å². The molecule has 10 rings (SSSR count). The second kappa shape index (κ2) is 14.1. The van der Waals surface area contributed by atoms with Gasteiger partial charge in [0.2, 0.25) is 0 Å². The van der Waals surface area contributed by atoms with Gasteiger partial charge in [-0.25, -0.2) is 4.79 Å². The molecule has 8 heteroatoms. The Morgan fingerprint density at radius 2 is 1.58 bits per heavy atom. The topological polar surface area (TPSA) is 99.1 Å². The standard InChI is InChI=1S/C49H54N2O5S/c1-45-23-19-35(52)30-47(45)26-27-49(40(31-47)43(53)39-14-8-7-13-38(39)33-10-5-4-6-11-33)41(45)20-24-46(2)42(49)21-25-48(46,55)32-51(28-22-37-12-9-29-57-37)44(54)50-34-15-17-36(56-3)18-16-34/h4-18,26-27,29,31,35,41-42,52,55H,19-25,28,30,32H2,1-3H3,(H,50,54). The number of nitrogens with one attached hydrogen (secondary N) is 1. The minimum Gasteiger partial charge on any atom is -0.497 e. The Hall–Kier alpha value is -4.50. The van der Waals surface area contributed by atoms with E-state index in [9.17, 15) is 15.0 Å². The molecule has 3 N–H and O–H groups in total. The van der Waals surface area contributed by atoms with E-state index in [2.05, 4.69) is 61.0 Å². The van der Waals surface area contributed by atoms with Crippen molar-refractivity contribution in [1.82, 2.24) is 4.90 Å². The molecule has 8 unspecified atom stereocenters. The van der Waals surface area contributed by atoms with Crippen LogP contribution in [0.2, 0.25) is 0 Å². The summed E-state index contributed by atoms with van der Waals surface area (Å²) >= 11 is 1.68. The van der Waals surface area contributed by atoms with Gasteiger partial charge in [-0.15, -0.1) is 11.3 Å². The molecule has 7 nitrogen and oxygen atoms in total. The number of carbonyl (C=O) groups is 2. The van der Waals surface area contributed by atoms with Crippen LogP contribution in [0.4, 0.5) is 10.5 Å². The van der Waals surface area contributed by atoms with Gasteiger partial charge in [0.05, 0.1) is 25.4 Å². The van der Waals surface area contributed by atoms with Crippen LogP contribution in [0, 0.1) is 33.5 Å². The van der Waals surface area contributed by atoms with E-state index in [1.54, 1.807) is 18.4 Å². The van der Waals surface area contributed by atoms with Gasteiger partial charge in [-0.3, -0.25) is 4.79 Å². The molecule has 0 saturated heterocycles. The molecular formula is C49H54N2O5S. The number of urea groups is 1. The summed E-state index contributed by atoms with van der Waals surface area (Å²) in [6, 6.07) is 29.3. The molecule has 57 heavy (non-hydrogen) atoms. The van der Waals surface area contributed by atoms with E-state index in [0.717, 1.165) is 48.8 Å². The highest BCUT2D eigenvalue weighted by Gasteiger charge is 2.74. The number of allylic oxidation sites excluding steroid dienone is 4. The largest absolute Gasteiger partial charge is 0.497 e.